The molecular formula is C29H28NOSb. The van der Waals surface area contributed by atoms with E-state index in [2.05, 4.69) is 112 Å². The van der Waals surface area contributed by atoms with Crippen molar-refractivity contribution < 1.29 is 4.74 Å². The van der Waals surface area contributed by atoms with Crippen LogP contribution in [0.1, 0.15) is 25.0 Å². The number of nitrogens with zero attached hydrogens (tertiary/aromatic N) is 1. The molecule has 0 fully saturated rings. The molecule has 0 N–H and O–H groups in total. The second kappa shape index (κ2) is 9.12. The van der Waals surface area contributed by atoms with Crippen molar-refractivity contribution in [3.05, 3.63) is 102 Å². The van der Waals surface area contributed by atoms with Crippen LogP contribution in [0.15, 0.2) is 96.0 Å². The Labute approximate surface area is 197 Å². The average Bonchev–Trinajstić information content (AvgIpc) is 3.32. The van der Waals surface area contributed by atoms with Crippen molar-refractivity contribution in [2.75, 3.05) is 6.61 Å². The Kier molecular flexibility index (Phi) is 6.07. The molecule has 0 amide bonds. The molecule has 1 aliphatic heterocycles. The van der Waals surface area contributed by atoms with Crippen LogP contribution in [0.2, 0.25) is 0 Å². The number of fused-ring (bicyclic) bond motifs is 1. The Hall–Kier alpha value is -2.57. The van der Waals surface area contributed by atoms with E-state index in [1.807, 2.05) is 0 Å². The normalized spacial score (nSPS) is 15.9. The van der Waals surface area contributed by atoms with E-state index in [1.165, 1.54) is 32.4 Å². The first-order valence-electron chi connectivity index (χ1n) is 11.3. The molecule has 0 saturated heterocycles. The van der Waals surface area contributed by atoms with Gasteiger partial charge in [-0.1, -0.05) is 0 Å². The van der Waals surface area contributed by atoms with E-state index >= 15 is 0 Å². The first kappa shape index (κ1) is 21.3. The first-order chi connectivity index (χ1) is 15.6. The third kappa shape index (κ3) is 4.09. The Morgan fingerprint density at radius 2 is 1.50 bits per heavy atom. The predicted molar refractivity (Wildman–Crippen MR) is 137 cm³/mol. The Bertz CT molecular complexity index is 1270. The summed E-state index contributed by atoms with van der Waals surface area (Å²) >= 11 is -2.38. The molecule has 32 heavy (non-hydrogen) atoms. The summed E-state index contributed by atoms with van der Waals surface area (Å²) in [5.74, 6) is 1.30. The van der Waals surface area contributed by atoms with Gasteiger partial charge in [-0.15, -0.1) is 0 Å². The van der Waals surface area contributed by atoms with Gasteiger partial charge in [0.05, 0.1) is 0 Å². The molecule has 160 valence electrons. The summed E-state index contributed by atoms with van der Waals surface area (Å²) in [4.78, 5) is 4.99. The van der Waals surface area contributed by atoms with Crippen LogP contribution in [-0.4, -0.2) is 38.8 Å². The van der Waals surface area contributed by atoms with Crippen molar-refractivity contribution in [3.8, 4) is 0 Å². The molecule has 4 aromatic carbocycles. The van der Waals surface area contributed by atoms with Gasteiger partial charge in [0.25, 0.3) is 0 Å². The van der Waals surface area contributed by atoms with Gasteiger partial charge >= 0.3 is 199 Å². The molecule has 1 heterocycles. The fourth-order valence-electron chi connectivity index (χ4n) is 4.23. The number of aryl methyl sites for hydroxylation is 1. The van der Waals surface area contributed by atoms with Crippen LogP contribution in [0, 0.1) is 12.8 Å². The number of hydrogen-bond donors (Lipinski definition) is 0. The van der Waals surface area contributed by atoms with Gasteiger partial charge in [0.2, 0.25) is 0 Å². The molecular weight excluding hydrogens is 500 g/mol. The van der Waals surface area contributed by atoms with E-state index < -0.39 is 20.2 Å². The molecule has 0 aliphatic carbocycles. The second-order valence-electron chi connectivity index (χ2n) is 8.74. The maximum absolute atomic E-state index is 6.16. The van der Waals surface area contributed by atoms with Crippen molar-refractivity contribution in [2.45, 2.75) is 26.8 Å². The molecule has 0 unspecified atom stereocenters. The molecule has 0 aromatic heterocycles. The fraction of sp³-hybridized carbons (Fsp3) is 0.207. The topological polar surface area (TPSA) is 21.6 Å². The summed E-state index contributed by atoms with van der Waals surface area (Å²) in [6.45, 7) is 7.27. The van der Waals surface area contributed by atoms with E-state index in [4.69, 9.17) is 9.73 Å². The summed E-state index contributed by atoms with van der Waals surface area (Å²) in [5, 5.41) is 2.67. The van der Waals surface area contributed by atoms with Gasteiger partial charge in [0, 0.05) is 0 Å². The van der Waals surface area contributed by atoms with Gasteiger partial charge in [-0.25, -0.2) is 0 Å². The van der Waals surface area contributed by atoms with Crippen molar-refractivity contribution >= 4 is 47.4 Å². The standard InChI is InChI=1S/C12H14NO.C10H7.C7H7.Sb/c1-9(2)11-8-14-12(13-11)10-6-4-3-5-7-10;1-2-6-10-8-4-3-7-9(10)5-1;1-7-5-3-2-4-6-7;/h3-6,9,11H,8H2,1-2H3;1-7H;3-6H,1H3;/t11-;;;/m1.../s1. The molecule has 3 heteroatoms. The van der Waals surface area contributed by atoms with Crippen molar-refractivity contribution in [1.29, 1.82) is 0 Å². The Balaban J connectivity index is 1.73. The van der Waals surface area contributed by atoms with Crippen LogP contribution in [0.4, 0.5) is 0 Å². The molecule has 1 aliphatic rings. The first-order valence-corrected chi connectivity index (χ1v) is 15.1. The van der Waals surface area contributed by atoms with Gasteiger partial charge in [-0.2, -0.15) is 0 Å². The van der Waals surface area contributed by atoms with E-state index in [0.29, 0.717) is 12.5 Å². The monoisotopic (exact) mass is 527 g/mol. The predicted octanol–water partition coefficient (Wildman–Crippen LogP) is 4.47. The van der Waals surface area contributed by atoms with Crippen LogP contribution in [0.3, 0.4) is 0 Å². The SMILES string of the molecule is Cc1cc[c]([Sb]([c]2ccccc2C2=N[C@@H](C(C)C)CO2)[c]2cccc3ccccc23)cc1. The number of benzene rings is 4. The summed E-state index contributed by atoms with van der Waals surface area (Å²) in [6, 6.07) is 33.8. The minimum absolute atomic E-state index is 0.237. The van der Waals surface area contributed by atoms with E-state index in [0.717, 1.165) is 5.90 Å². The zero-order valence-corrected chi connectivity index (χ0v) is 21.4. The number of aliphatic imine (C=N–C) groups is 1. The zero-order valence-electron chi connectivity index (χ0n) is 18.8. The van der Waals surface area contributed by atoms with Crippen LogP contribution in [0.5, 0.6) is 0 Å². The summed E-state index contributed by atoms with van der Waals surface area (Å²) in [6.07, 6.45) is 0. The molecule has 5 rings (SSSR count). The maximum atomic E-state index is 6.16. The minimum atomic E-state index is -2.38. The van der Waals surface area contributed by atoms with Gasteiger partial charge in [-0.3, -0.25) is 0 Å². The summed E-state index contributed by atoms with van der Waals surface area (Å²) in [5.41, 5.74) is 2.47. The molecule has 0 bridgehead atoms. The van der Waals surface area contributed by atoms with E-state index in [9.17, 15) is 0 Å². The van der Waals surface area contributed by atoms with E-state index in [-0.39, 0.29) is 6.04 Å². The van der Waals surface area contributed by atoms with Crippen LogP contribution >= 0.6 is 0 Å². The molecule has 4 aromatic rings. The third-order valence-corrected chi connectivity index (χ3v) is 13.4. The fourth-order valence-corrected chi connectivity index (χ4v) is 11.6. The second-order valence-corrected chi connectivity index (χ2v) is 14.9. The van der Waals surface area contributed by atoms with Crippen LogP contribution in [0.25, 0.3) is 10.8 Å². The third-order valence-electron chi connectivity index (χ3n) is 6.12. The summed E-state index contributed by atoms with van der Waals surface area (Å²) in [7, 11) is 0. The zero-order chi connectivity index (χ0) is 22.1. The molecule has 2 nitrogen and oxygen atoms in total. The van der Waals surface area contributed by atoms with Crippen molar-refractivity contribution in [1.82, 2.24) is 0 Å². The Morgan fingerprint density at radius 1 is 0.812 bits per heavy atom. The van der Waals surface area contributed by atoms with Gasteiger partial charge in [0.15, 0.2) is 0 Å². The van der Waals surface area contributed by atoms with Crippen LogP contribution < -0.4 is 10.5 Å². The number of hydrogen-bond acceptors (Lipinski definition) is 2. The average molecular weight is 528 g/mol. The molecule has 0 saturated carbocycles. The molecule has 1 atom stereocenters. The van der Waals surface area contributed by atoms with E-state index in [1.54, 1.807) is 0 Å². The van der Waals surface area contributed by atoms with Crippen molar-refractivity contribution in [3.63, 3.8) is 0 Å². The van der Waals surface area contributed by atoms with Gasteiger partial charge in [-0.05, 0) is 0 Å². The Morgan fingerprint density at radius 3 is 2.28 bits per heavy atom. The van der Waals surface area contributed by atoms with Crippen molar-refractivity contribution in [2.24, 2.45) is 10.9 Å². The van der Waals surface area contributed by atoms with Gasteiger partial charge < -0.3 is 0 Å². The summed E-state index contributed by atoms with van der Waals surface area (Å²) < 4.78 is 10.5. The van der Waals surface area contributed by atoms with Crippen LogP contribution in [-0.2, 0) is 4.74 Å². The molecule has 0 radical (unpaired) electrons. The quantitative estimate of drug-likeness (QED) is 0.351. The molecule has 0 spiro atoms. The number of ether oxygens (including phenoxy) is 1. The number of rotatable bonds is 5. The van der Waals surface area contributed by atoms with Gasteiger partial charge in [0.1, 0.15) is 0 Å².